The molecule has 0 bridgehead atoms. The number of nitrogens with zero attached hydrogens (tertiary/aromatic N) is 2. The fraction of sp³-hybridized carbons (Fsp3) is 0.538. The molecule has 0 atom stereocenters. The van der Waals surface area contributed by atoms with Crippen LogP contribution < -0.4 is 0 Å². The van der Waals surface area contributed by atoms with E-state index in [2.05, 4.69) is 15.9 Å². The molecule has 0 spiro atoms. The van der Waals surface area contributed by atoms with Crippen molar-refractivity contribution < 1.29 is 16.8 Å². The lowest BCUT2D eigenvalue weighted by atomic mass is 10.2. The van der Waals surface area contributed by atoms with Crippen LogP contribution in [0.25, 0.3) is 0 Å². The minimum Gasteiger partial charge on any atom is -0.212 e. The molecule has 0 saturated heterocycles. The predicted molar refractivity (Wildman–Crippen MR) is 91.5 cm³/mol. The number of rotatable bonds is 8. The van der Waals surface area contributed by atoms with Crippen molar-refractivity contribution in [3.8, 4) is 0 Å². The van der Waals surface area contributed by atoms with E-state index in [0.717, 1.165) is 14.3 Å². The first-order valence-electron chi connectivity index (χ1n) is 6.63. The molecule has 1 aromatic rings. The number of benzene rings is 1. The number of halogens is 1. The van der Waals surface area contributed by atoms with Gasteiger partial charge in [-0.25, -0.2) is 25.4 Å². The lowest BCUT2D eigenvalue weighted by molar-refractivity contribution is 0.465. The Morgan fingerprint density at radius 1 is 0.909 bits per heavy atom. The molecule has 0 aliphatic rings. The molecule has 0 N–H and O–H groups in total. The summed E-state index contributed by atoms with van der Waals surface area (Å²) >= 11 is 3.32. The van der Waals surface area contributed by atoms with E-state index in [4.69, 9.17) is 0 Å². The van der Waals surface area contributed by atoms with Gasteiger partial charge in [0, 0.05) is 32.2 Å². The van der Waals surface area contributed by atoms with Crippen molar-refractivity contribution in [1.29, 1.82) is 0 Å². The Labute approximate surface area is 141 Å². The predicted octanol–water partition coefficient (Wildman–Crippen LogP) is 1.49. The van der Waals surface area contributed by atoms with E-state index in [0.29, 0.717) is 0 Å². The van der Waals surface area contributed by atoms with Crippen molar-refractivity contribution in [3.05, 3.63) is 34.3 Å². The smallest absolute Gasteiger partial charge is 0.212 e. The van der Waals surface area contributed by atoms with E-state index in [1.165, 1.54) is 25.4 Å². The molecule has 0 saturated carbocycles. The largest absolute Gasteiger partial charge is 0.214 e. The van der Waals surface area contributed by atoms with Crippen LogP contribution in [0.3, 0.4) is 0 Å². The lowest BCUT2D eigenvalue weighted by Crippen LogP contribution is -2.31. The van der Waals surface area contributed by atoms with Gasteiger partial charge in [-0.2, -0.15) is 0 Å². The monoisotopic (exact) mass is 412 g/mol. The van der Waals surface area contributed by atoms with Gasteiger partial charge in [0.15, 0.2) is 0 Å². The highest BCUT2D eigenvalue weighted by molar-refractivity contribution is 9.10. The summed E-state index contributed by atoms with van der Waals surface area (Å²) in [7, 11) is -2.48. The van der Waals surface area contributed by atoms with Crippen molar-refractivity contribution in [2.75, 3.05) is 32.6 Å². The summed E-state index contributed by atoms with van der Waals surface area (Å²) in [5, 5.41) is 0. The molecule has 1 rings (SSSR count). The molecule has 0 aliphatic carbocycles. The Morgan fingerprint density at radius 2 is 1.41 bits per heavy atom. The Bertz CT molecular complexity index is 685. The van der Waals surface area contributed by atoms with Gasteiger partial charge in [0.1, 0.15) is 0 Å². The van der Waals surface area contributed by atoms with Gasteiger partial charge in [0.05, 0.1) is 11.5 Å². The SMILES string of the molecule is CN(C)S(=O)(=O)CCCS(=O)(=O)N(C)Cc1ccc(Br)cc1. The van der Waals surface area contributed by atoms with Crippen molar-refractivity contribution in [2.45, 2.75) is 13.0 Å². The van der Waals surface area contributed by atoms with Crippen molar-refractivity contribution >= 4 is 36.0 Å². The first-order valence-corrected chi connectivity index (χ1v) is 10.6. The van der Waals surface area contributed by atoms with Gasteiger partial charge in [-0.3, -0.25) is 0 Å². The van der Waals surface area contributed by atoms with E-state index < -0.39 is 20.0 Å². The maximum Gasteiger partial charge on any atom is 0.214 e. The maximum absolute atomic E-state index is 12.2. The molecule has 22 heavy (non-hydrogen) atoms. The van der Waals surface area contributed by atoms with Gasteiger partial charge in [-0.15, -0.1) is 0 Å². The minimum absolute atomic E-state index is 0.0769. The molecule has 0 fully saturated rings. The van der Waals surface area contributed by atoms with E-state index in [9.17, 15) is 16.8 Å². The minimum atomic E-state index is -3.48. The highest BCUT2D eigenvalue weighted by Crippen LogP contribution is 2.13. The van der Waals surface area contributed by atoms with Gasteiger partial charge in [-0.05, 0) is 24.1 Å². The lowest BCUT2D eigenvalue weighted by Gasteiger charge is -2.18. The molecule has 0 aliphatic heterocycles. The summed E-state index contributed by atoms with van der Waals surface area (Å²) in [5.41, 5.74) is 0.871. The standard InChI is InChI=1S/C13H21BrN2O4S2/c1-15(2)21(17,18)9-4-10-22(19,20)16(3)11-12-5-7-13(14)8-6-12/h5-8H,4,9-11H2,1-3H3. The summed E-state index contributed by atoms with van der Waals surface area (Å²) < 4.78 is 50.9. The Morgan fingerprint density at radius 3 is 1.91 bits per heavy atom. The van der Waals surface area contributed by atoms with Crippen LogP contribution in [0.5, 0.6) is 0 Å². The quantitative estimate of drug-likeness (QED) is 0.647. The second-order valence-electron chi connectivity index (χ2n) is 5.15. The molecule has 0 amide bonds. The van der Waals surface area contributed by atoms with Crippen LogP contribution in [0.4, 0.5) is 0 Å². The molecule has 0 aromatic heterocycles. The first kappa shape index (κ1) is 19.6. The number of sulfonamides is 2. The van der Waals surface area contributed by atoms with Crippen LogP contribution in [0.1, 0.15) is 12.0 Å². The Kier molecular flexibility index (Phi) is 7.00. The zero-order chi connectivity index (χ0) is 17.0. The number of hydrogen-bond acceptors (Lipinski definition) is 4. The normalized spacial score (nSPS) is 13.0. The molecular weight excluding hydrogens is 392 g/mol. The molecule has 9 heteroatoms. The summed E-state index contributed by atoms with van der Waals surface area (Å²) in [4.78, 5) is 0. The second kappa shape index (κ2) is 7.87. The third-order valence-corrected chi connectivity index (χ3v) is 7.48. The van der Waals surface area contributed by atoms with Gasteiger partial charge in [0.2, 0.25) is 20.0 Å². The van der Waals surface area contributed by atoms with Gasteiger partial charge in [-0.1, -0.05) is 28.1 Å². The van der Waals surface area contributed by atoms with Crippen molar-refractivity contribution in [2.24, 2.45) is 0 Å². The molecule has 0 unspecified atom stereocenters. The molecular formula is C13H21BrN2O4S2. The van der Waals surface area contributed by atoms with Crippen LogP contribution in [0.2, 0.25) is 0 Å². The van der Waals surface area contributed by atoms with Crippen LogP contribution in [0, 0.1) is 0 Å². The van der Waals surface area contributed by atoms with Crippen LogP contribution in [-0.2, 0) is 26.6 Å². The van der Waals surface area contributed by atoms with Crippen LogP contribution >= 0.6 is 15.9 Å². The maximum atomic E-state index is 12.2. The molecule has 1 aromatic carbocycles. The van der Waals surface area contributed by atoms with Crippen LogP contribution in [-0.4, -0.2) is 58.1 Å². The zero-order valence-electron chi connectivity index (χ0n) is 12.9. The zero-order valence-corrected chi connectivity index (χ0v) is 16.1. The van der Waals surface area contributed by atoms with Gasteiger partial charge < -0.3 is 0 Å². The summed E-state index contributed by atoms with van der Waals surface area (Å²) in [6, 6.07) is 7.37. The third kappa shape index (κ3) is 5.96. The van der Waals surface area contributed by atoms with E-state index in [-0.39, 0.29) is 24.5 Å². The topological polar surface area (TPSA) is 74.8 Å². The molecule has 0 radical (unpaired) electrons. The van der Waals surface area contributed by atoms with Crippen molar-refractivity contribution in [3.63, 3.8) is 0 Å². The van der Waals surface area contributed by atoms with E-state index in [1.807, 2.05) is 24.3 Å². The fourth-order valence-electron chi connectivity index (χ4n) is 1.71. The molecule has 6 nitrogen and oxygen atoms in total. The summed E-state index contributed by atoms with van der Waals surface area (Å²) in [5.74, 6) is -0.363. The summed E-state index contributed by atoms with van der Waals surface area (Å²) in [6.07, 6.45) is 0.0769. The summed E-state index contributed by atoms with van der Waals surface area (Å²) in [6.45, 7) is 0.260. The first-order chi connectivity index (χ1) is 10.0. The highest BCUT2D eigenvalue weighted by atomic mass is 79.9. The average Bonchev–Trinajstić information content (AvgIpc) is 2.40. The molecule has 126 valence electrons. The highest BCUT2D eigenvalue weighted by Gasteiger charge is 2.20. The fourth-order valence-corrected chi connectivity index (χ4v) is 4.20. The Hall–Kier alpha value is -0.480. The second-order valence-corrected chi connectivity index (χ2v) is 10.6. The van der Waals surface area contributed by atoms with E-state index >= 15 is 0 Å². The third-order valence-electron chi connectivity index (χ3n) is 3.15. The van der Waals surface area contributed by atoms with Gasteiger partial charge >= 0.3 is 0 Å². The molecule has 0 heterocycles. The van der Waals surface area contributed by atoms with Gasteiger partial charge in [0.25, 0.3) is 0 Å². The van der Waals surface area contributed by atoms with E-state index in [1.54, 1.807) is 0 Å². The Balaban J connectivity index is 2.60. The van der Waals surface area contributed by atoms with Crippen molar-refractivity contribution in [1.82, 2.24) is 8.61 Å². The van der Waals surface area contributed by atoms with Crippen LogP contribution in [0.15, 0.2) is 28.7 Å². The number of hydrogen-bond donors (Lipinski definition) is 0. The average molecular weight is 413 g/mol.